The van der Waals surface area contributed by atoms with Crippen molar-refractivity contribution in [2.45, 2.75) is 87.4 Å². The quantitative estimate of drug-likeness (QED) is 0.110. The fraction of sp³-hybridized carbons (Fsp3) is 0.517. The lowest BCUT2D eigenvalue weighted by atomic mass is 9.74. The minimum atomic E-state index is -3.98. The number of hydrogen-bond donors (Lipinski definition) is 6. The molecule has 0 saturated carbocycles. The number of aliphatic hydroxyl groups is 2. The number of aliphatic hydroxyl groups excluding tert-OH is 1. The summed E-state index contributed by atoms with van der Waals surface area (Å²) in [5.41, 5.74) is -6.55. The van der Waals surface area contributed by atoms with Crippen molar-refractivity contribution in [2.24, 2.45) is 5.92 Å². The van der Waals surface area contributed by atoms with Crippen LogP contribution in [0.4, 0.5) is 0 Å². The van der Waals surface area contributed by atoms with Gasteiger partial charge in [0.05, 0.1) is 12.8 Å². The number of benzene rings is 1. The fourth-order valence-electron chi connectivity index (χ4n) is 5.71. The maximum Gasteiger partial charge on any atom is 0.344 e. The Kier molecular flexibility index (Phi) is 10.4. The molecule has 45 heavy (non-hydrogen) atoms. The fourth-order valence-corrected chi connectivity index (χ4v) is 5.71. The van der Waals surface area contributed by atoms with Gasteiger partial charge in [0.2, 0.25) is 23.1 Å². The Labute approximate surface area is 255 Å². The molecule has 16 nitrogen and oxygen atoms in total. The highest BCUT2D eigenvalue weighted by atomic mass is 16.8. The van der Waals surface area contributed by atoms with E-state index in [9.17, 15) is 54.3 Å². The second kappa shape index (κ2) is 13.3. The average molecular weight is 639 g/mol. The molecule has 3 rings (SSSR count). The SMILES string of the molecule is C=C(CC[C@@]12O[C@H](C(=O)O)[C@@](O)(C(=O)O)[C@@](C(=O)O)(O1)[C@H](OC(=O)CCC(=O)O)[C@H]2O)C(OC(C)=O)C(C)Cc1ccccc1. The highest BCUT2D eigenvalue weighted by molar-refractivity contribution is 5.98. The first-order chi connectivity index (χ1) is 20.9. The van der Waals surface area contributed by atoms with Gasteiger partial charge >= 0.3 is 35.8 Å². The maximum absolute atomic E-state index is 12.7. The van der Waals surface area contributed by atoms with E-state index in [4.69, 9.17) is 24.1 Å². The van der Waals surface area contributed by atoms with Crippen LogP contribution in [-0.2, 0) is 54.1 Å². The Morgan fingerprint density at radius 3 is 2.11 bits per heavy atom. The van der Waals surface area contributed by atoms with Crippen LogP contribution in [0.15, 0.2) is 42.5 Å². The molecule has 2 aliphatic heterocycles. The summed E-state index contributed by atoms with van der Waals surface area (Å²) in [6.07, 6.45) is -11.1. The van der Waals surface area contributed by atoms with E-state index in [2.05, 4.69) is 6.58 Å². The number of fused-ring (bicyclic) bond motifs is 2. The van der Waals surface area contributed by atoms with Gasteiger partial charge in [-0.25, -0.2) is 14.4 Å². The third-order valence-corrected chi connectivity index (χ3v) is 7.81. The van der Waals surface area contributed by atoms with Crippen molar-refractivity contribution in [3.8, 4) is 0 Å². The predicted octanol–water partition coefficient (Wildman–Crippen LogP) is 0.120. The number of carboxylic acid groups (broad SMARTS) is 4. The van der Waals surface area contributed by atoms with E-state index >= 15 is 0 Å². The van der Waals surface area contributed by atoms with Gasteiger partial charge in [-0.3, -0.25) is 14.4 Å². The van der Waals surface area contributed by atoms with E-state index in [1.54, 1.807) is 6.92 Å². The van der Waals surface area contributed by atoms with Crippen molar-refractivity contribution >= 4 is 35.8 Å². The van der Waals surface area contributed by atoms with Crippen LogP contribution in [0.3, 0.4) is 0 Å². The smallest absolute Gasteiger partial charge is 0.344 e. The summed E-state index contributed by atoms with van der Waals surface area (Å²) in [4.78, 5) is 72.7. The predicted molar refractivity (Wildman–Crippen MR) is 145 cm³/mol. The van der Waals surface area contributed by atoms with Crippen LogP contribution in [-0.4, -0.2) is 108 Å². The maximum atomic E-state index is 12.7. The molecular weight excluding hydrogens is 604 g/mol. The summed E-state index contributed by atoms with van der Waals surface area (Å²) in [7, 11) is 0. The molecule has 2 fully saturated rings. The molecule has 2 saturated heterocycles. The zero-order chi connectivity index (χ0) is 33.9. The van der Waals surface area contributed by atoms with E-state index in [0.29, 0.717) is 6.42 Å². The molecule has 0 spiro atoms. The molecule has 0 aliphatic carbocycles. The van der Waals surface area contributed by atoms with Crippen molar-refractivity contribution in [1.82, 2.24) is 0 Å². The highest BCUT2D eigenvalue weighted by Crippen LogP contribution is 2.56. The monoisotopic (exact) mass is 638 g/mol. The van der Waals surface area contributed by atoms with Crippen LogP contribution in [0.1, 0.15) is 45.1 Å². The van der Waals surface area contributed by atoms with E-state index in [-0.39, 0.29) is 17.9 Å². The Hall–Kier alpha value is -4.38. The topological polar surface area (TPSA) is 261 Å². The summed E-state index contributed by atoms with van der Waals surface area (Å²) in [6.45, 7) is 6.87. The van der Waals surface area contributed by atoms with E-state index in [1.807, 2.05) is 30.3 Å². The molecule has 1 aromatic carbocycles. The van der Waals surface area contributed by atoms with Gasteiger partial charge in [-0.2, -0.15) is 0 Å². The summed E-state index contributed by atoms with van der Waals surface area (Å²) in [5.74, 6) is -13.6. The molecule has 246 valence electrons. The Morgan fingerprint density at radius 2 is 1.60 bits per heavy atom. The van der Waals surface area contributed by atoms with Crippen molar-refractivity contribution in [2.75, 3.05) is 0 Å². The van der Waals surface area contributed by atoms with Gasteiger partial charge in [0.1, 0.15) is 12.2 Å². The molecule has 2 unspecified atom stereocenters. The number of carboxylic acids is 4. The normalized spacial score (nSPS) is 30.0. The van der Waals surface area contributed by atoms with Crippen LogP contribution in [0.5, 0.6) is 0 Å². The van der Waals surface area contributed by atoms with E-state index < -0.39 is 96.5 Å². The van der Waals surface area contributed by atoms with Gasteiger partial charge < -0.3 is 49.6 Å². The summed E-state index contributed by atoms with van der Waals surface area (Å²) >= 11 is 0. The largest absolute Gasteiger partial charge is 0.481 e. The number of aliphatic carboxylic acids is 4. The number of hydrogen-bond acceptors (Lipinski definition) is 12. The van der Waals surface area contributed by atoms with Gasteiger partial charge in [0.25, 0.3) is 0 Å². The zero-order valence-corrected chi connectivity index (χ0v) is 24.3. The first-order valence-electron chi connectivity index (χ1n) is 13.7. The lowest BCUT2D eigenvalue weighted by Gasteiger charge is -2.48. The zero-order valence-electron chi connectivity index (χ0n) is 24.3. The van der Waals surface area contributed by atoms with Crippen LogP contribution in [0, 0.1) is 5.92 Å². The second-order valence-corrected chi connectivity index (χ2v) is 11.0. The second-order valence-electron chi connectivity index (χ2n) is 11.0. The first kappa shape index (κ1) is 35.1. The lowest BCUT2D eigenvalue weighted by Crippen LogP contribution is -2.78. The molecule has 0 aromatic heterocycles. The first-order valence-corrected chi connectivity index (χ1v) is 13.7. The minimum Gasteiger partial charge on any atom is -0.481 e. The highest BCUT2D eigenvalue weighted by Gasteiger charge is 2.85. The molecule has 2 aliphatic rings. The molecular formula is C29H34O16. The van der Waals surface area contributed by atoms with Crippen molar-refractivity contribution in [3.05, 3.63) is 48.0 Å². The molecule has 16 heteroatoms. The Morgan fingerprint density at radius 1 is 0.978 bits per heavy atom. The van der Waals surface area contributed by atoms with Crippen LogP contribution >= 0.6 is 0 Å². The summed E-state index contributed by atoms with van der Waals surface area (Å²) in [5, 5.41) is 61.4. The molecule has 1 aromatic rings. The number of ether oxygens (including phenoxy) is 4. The van der Waals surface area contributed by atoms with Gasteiger partial charge in [-0.15, -0.1) is 0 Å². The van der Waals surface area contributed by atoms with Gasteiger partial charge in [-0.05, 0) is 24.0 Å². The van der Waals surface area contributed by atoms with Crippen LogP contribution in [0.25, 0.3) is 0 Å². The number of esters is 2. The molecule has 2 bridgehead atoms. The molecule has 6 N–H and O–H groups in total. The summed E-state index contributed by atoms with van der Waals surface area (Å²) < 4.78 is 21.4. The van der Waals surface area contributed by atoms with E-state index in [1.165, 1.54) is 0 Å². The Bertz CT molecular complexity index is 1360. The third-order valence-electron chi connectivity index (χ3n) is 7.81. The van der Waals surface area contributed by atoms with Crippen LogP contribution < -0.4 is 0 Å². The van der Waals surface area contributed by atoms with E-state index in [0.717, 1.165) is 12.5 Å². The Balaban J connectivity index is 2.03. The van der Waals surface area contributed by atoms with Gasteiger partial charge in [-0.1, -0.05) is 43.8 Å². The van der Waals surface area contributed by atoms with Crippen molar-refractivity contribution in [3.63, 3.8) is 0 Å². The summed E-state index contributed by atoms with van der Waals surface area (Å²) in [6, 6.07) is 9.14. The van der Waals surface area contributed by atoms with Crippen LogP contribution in [0.2, 0.25) is 0 Å². The number of carbonyl (C=O) groups excluding carboxylic acids is 2. The van der Waals surface area contributed by atoms with Gasteiger partial charge in [0, 0.05) is 19.3 Å². The molecule has 0 radical (unpaired) electrons. The minimum absolute atomic E-state index is 0.191. The van der Waals surface area contributed by atoms with Gasteiger partial charge in [0.15, 0.2) is 6.10 Å². The number of carbonyl (C=O) groups is 6. The average Bonchev–Trinajstić information content (AvgIpc) is 3.17. The van der Waals surface area contributed by atoms with Crippen molar-refractivity contribution < 1.29 is 78.4 Å². The molecule has 0 amide bonds. The molecule has 2 heterocycles. The molecule has 8 atom stereocenters. The lowest BCUT2D eigenvalue weighted by molar-refractivity contribution is -0.374. The third kappa shape index (κ3) is 6.54. The standard InChI is InChI=1S/C29H34O16/c1-14(20(42-16(3)30)15(2)13-17-7-5-4-6-8-17)11-12-27-21(34)22(43-19(33)10-9-18(31)32)29(45-27,26(39)40)28(41,25(37)38)23(44-27)24(35)36/h4-8,15,20-23,34,41H,1,9-13H2,2-3H3,(H,31,32)(H,35,36)(H,37,38)(H,39,40)/t15?,20?,21-,22-,23-,27-,28-,29-/m1/s1. The van der Waals surface area contributed by atoms with Crippen molar-refractivity contribution in [1.29, 1.82) is 0 Å². The number of rotatable bonds is 15.